The number of hydrogen-bond donors (Lipinski definition) is 1. The average Bonchev–Trinajstić information content (AvgIpc) is 3.13. The maximum Gasteiger partial charge on any atom is 0.281 e. The van der Waals surface area contributed by atoms with E-state index in [-0.39, 0.29) is 22.8 Å². The van der Waals surface area contributed by atoms with Gasteiger partial charge < -0.3 is 9.52 Å². The van der Waals surface area contributed by atoms with E-state index >= 15 is 0 Å². The fraction of sp³-hybridized carbons (Fsp3) is 0.118. The molecule has 3 aromatic rings. The van der Waals surface area contributed by atoms with Gasteiger partial charge in [0.2, 0.25) is 0 Å². The molecule has 0 fully saturated rings. The first-order valence-electron chi connectivity index (χ1n) is 6.96. The molecule has 2 aromatic heterocycles. The van der Waals surface area contributed by atoms with Crippen molar-refractivity contribution in [1.29, 1.82) is 0 Å². The molecule has 0 aliphatic heterocycles. The van der Waals surface area contributed by atoms with E-state index in [1.54, 1.807) is 32.0 Å². The summed E-state index contributed by atoms with van der Waals surface area (Å²) in [5, 5.41) is 13.7. The molecule has 0 amide bonds. The molecule has 6 nitrogen and oxygen atoms in total. The number of phenols is 1. The number of furan rings is 1. The first-order valence-corrected chi connectivity index (χ1v) is 6.96. The minimum Gasteiger partial charge on any atom is -0.507 e. The van der Waals surface area contributed by atoms with Crippen molar-refractivity contribution in [2.75, 3.05) is 0 Å². The van der Waals surface area contributed by atoms with E-state index in [2.05, 4.69) is 5.10 Å². The van der Waals surface area contributed by atoms with Crippen molar-refractivity contribution in [3.63, 3.8) is 0 Å². The molecule has 1 N–H and O–H groups in total. The van der Waals surface area contributed by atoms with E-state index < -0.39 is 5.78 Å². The first-order chi connectivity index (χ1) is 11.0. The number of benzene rings is 1. The van der Waals surface area contributed by atoms with Gasteiger partial charge >= 0.3 is 0 Å². The summed E-state index contributed by atoms with van der Waals surface area (Å²) in [4.78, 5) is 24.8. The van der Waals surface area contributed by atoms with Crippen LogP contribution in [0.3, 0.4) is 0 Å². The Balaban J connectivity index is 1.92. The summed E-state index contributed by atoms with van der Waals surface area (Å²) in [5.74, 6) is 0.232. The number of rotatable bonds is 3. The van der Waals surface area contributed by atoms with Gasteiger partial charge in [-0.25, -0.2) is 4.68 Å². The van der Waals surface area contributed by atoms with Gasteiger partial charge in [0.25, 0.3) is 5.91 Å². The molecule has 116 valence electrons. The Kier molecular flexibility index (Phi) is 3.57. The number of ketones is 1. The topological polar surface area (TPSA) is 85.3 Å². The highest BCUT2D eigenvalue weighted by atomic mass is 16.3. The van der Waals surface area contributed by atoms with Crippen molar-refractivity contribution >= 4 is 11.7 Å². The molecule has 2 heterocycles. The molecule has 23 heavy (non-hydrogen) atoms. The van der Waals surface area contributed by atoms with E-state index in [9.17, 15) is 14.7 Å². The Morgan fingerprint density at radius 3 is 2.57 bits per heavy atom. The monoisotopic (exact) mass is 310 g/mol. The van der Waals surface area contributed by atoms with Crippen LogP contribution < -0.4 is 0 Å². The van der Waals surface area contributed by atoms with Gasteiger partial charge in [-0.05, 0) is 32.0 Å². The van der Waals surface area contributed by atoms with Crippen LogP contribution in [0.4, 0.5) is 0 Å². The quantitative estimate of drug-likeness (QED) is 0.752. The second-order valence-electron chi connectivity index (χ2n) is 5.15. The maximum absolute atomic E-state index is 12.4. The number of aromatic hydroxyl groups is 1. The molecule has 6 heteroatoms. The van der Waals surface area contributed by atoms with Gasteiger partial charge in [0.1, 0.15) is 17.3 Å². The van der Waals surface area contributed by atoms with Gasteiger partial charge in [0.15, 0.2) is 5.78 Å². The lowest BCUT2D eigenvalue weighted by Gasteiger charge is -2.01. The minimum atomic E-state index is -0.401. The maximum atomic E-state index is 12.4. The summed E-state index contributed by atoms with van der Waals surface area (Å²) in [6, 6.07) is 7.86. The fourth-order valence-electron chi connectivity index (χ4n) is 2.34. The summed E-state index contributed by atoms with van der Waals surface area (Å²) >= 11 is 0. The highest BCUT2D eigenvalue weighted by Crippen LogP contribution is 2.20. The summed E-state index contributed by atoms with van der Waals surface area (Å²) in [7, 11) is 0. The van der Waals surface area contributed by atoms with Crippen LogP contribution in [0.15, 0.2) is 47.1 Å². The fourth-order valence-corrected chi connectivity index (χ4v) is 2.34. The van der Waals surface area contributed by atoms with Crippen molar-refractivity contribution in [2.45, 2.75) is 13.8 Å². The van der Waals surface area contributed by atoms with Crippen LogP contribution in [-0.4, -0.2) is 26.6 Å². The van der Waals surface area contributed by atoms with Crippen molar-refractivity contribution in [3.8, 4) is 5.75 Å². The summed E-state index contributed by atoms with van der Waals surface area (Å²) < 4.78 is 6.42. The van der Waals surface area contributed by atoms with Gasteiger partial charge in [-0.1, -0.05) is 12.1 Å². The van der Waals surface area contributed by atoms with E-state index in [1.807, 2.05) is 0 Å². The van der Waals surface area contributed by atoms with Crippen molar-refractivity contribution in [1.82, 2.24) is 9.78 Å². The third kappa shape index (κ3) is 2.66. The van der Waals surface area contributed by atoms with Crippen LogP contribution in [0, 0.1) is 13.8 Å². The lowest BCUT2D eigenvalue weighted by molar-refractivity contribution is 0.0943. The second-order valence-corrected chi connectivity index (χ2v) is 5.15. The van der Waals surface area contributed by atoms with Crippen LogP contribution in [0.25, 0.3) is 0 Å². The predicted octanol–water partition coefficient (Wildman–Crippen LogP) is 2.72. The highest BCUT2D eigenvalue weighted by molar-refractivity contribution is 6.10. The number of carbonyl (C=O) groups is 2. The van der Waals surface area contributed by atoms with Gasteiger partial charge in [-0.2, -0.15) is 5.10 Å². The molecule has 1 aromatic carbocycles. The number of nitrogens with zero attached hydrogens (tertiary/aromatic N) is 2. The van der Waals surface area contributed by atoms with Crippen molar-refractivity contribution < 1.29 is 19.1 Å². The Morgan fingerprint density at radius 1 is 1.17 bits per heavy atom. The zero-order valence-corrected chi connectivity index (χ0v) is 12.6. The number of phenolic OH excluding ortho intramolecular Hbond substituents is 1. The number of aromatic nitrogens is 2. The number of carbonyl (C=O) groups excluding carboxylic acids is 2. The molecular weight excluding hydrogens is 296 g/mol. The Labute approximate surface area is 132 Å². The number of para-hydroxylation sites is 1. The molecule has 0 saturated carbocycles. The Morgan fingerprint density at radius 2 is 1.91 bits per heavy atom. The largest absolute Gasteiger partial charge is 0.507 e. The van der Waals surface area contributed by atoms with E-state index in [0.717, 1.165) is 4.68 Å². The third-order valence-electron chi connectivity index (χ3n) is 3.47. The molecule has 0 bridgehead atoms. The van der Waals surface area contributed by atoms with Crippen LogP contribution in [0.1, 0.15) is 37.8 Å². The highest BCUT2D eigenvalue weighted by Gasteiger charge is 2.20. The van der Waals surface area contributed by atoms with Crippen LogP contribution in [0.5, 0.6) is 5.75 Å². The zero-order chi connectivity index (χ0) is 16.6. The van der Waals surface area contributed by atoms with Crippen LogP contribution in [-0.2, 0) is 0 Å². The lowest BCUT2D eigenvalue weighted by atomic mass is 10.1. The van der Waals surface area contributed by atoms with Crippen molar-refractivity contribution in [2.24, 2.45) is 0 Å². The molecule has 0 radical (unpaired) electrons. The number of aryl methyl sites for hydroxylation is 2. The number of hydrogen-bond acceptors (Lipinski definition) is 5. The molecule has 0 unspecified atom stereocenters. The normalized spacial score (nSPS) is 10.7. The summed E-state index contributed by atoms with van der Waals surface area (Å²) in [5.41, 5.74) is 0.778. The molecule has 0 saturated heterocycles. The van der Waals surface area contributed by atoms with Gasteiger partial charge in [-0.3, -0.25) is 9.59 Å². The second kappa shape index (κ2) is 5.57. The van der Waals surface area contributed by atoms with Crippen molar-refractivity contribution in [3.05, 3.63) is 70.9 Å². The standard InChI is InChI=1S/C17H14N2O4/c1-10-7-14(11(2)23-10)17(22)19-9-12(8-18-19)16(21)13-5-3-4-6-15(13)20/h3-9,20H,1-2H3. The third-order valence-corrected chi connectivity index (χ3v) is 3.47. The lowest BCUT2D eigenvalue weighted by Crippen LogP contribution is -2.12. The molecule has 0 atom stereocenters. The minimum absolute atomic E-state index is 0.113. The summed E-state index contributed by atoms with van der Waals surface area (Å²) in [6.45, 7) is 3.44. The van der Waals surface area contributed by atoms with E-state index in [1.165, 1.54) is 24.5 Å². The summed E-state index contributed by atoms with van der Waals surface area (Å²) in [6.07, 6.45) is 2.65. The van der Waals surface area contributed by atoms with E-state index in [0.29, 0.717) is 17.1 Å². The van der Waals surface area contributed by atoms with E-state index in [4.69, 9.17) is 4.42 Å². The first kappa shape index (κ1) is 14.8. The smallest absolute Gasteiger partial charge is 0.281 e. The molecule has 0 aliphatic carbocycles. The predicted molar refractivity (Wildman–Crippen MR) is 81.7 cm³/mol. The van der Waals surface area contributed by atoms with Gasteiger partial charge in [0, 0.05) is 6.20 Å². The Hall–Kier alpha value is -3.15. The molecule has 0 aliphatic rings. The van der Waals surface area contributed by atoms with Crippen LogP contribution in [0.2, 0.25) is 0 Å². The van der Waals surface area contributed by atoms with Gasteiger partial charge in [0.05, 0.1) is 22.9 Å². The van der Waals surface area contributed by atoms with Crippen LogP contribution >= 0.6 is 0 Å². The molecular formula is C17H14N2O4. The van der Waals surface area contributed by atoms with Gasteiger partial charge in [-0.15, -0.1) is 0 Å². The average molecular weight is 310 g/mol. The molecule has 0 spiro atoms. The Bertz CT molecular complexity index is 905. The SMILES string of the molecule is Cc1cc(C(=O)n2cc(C(=O)c3ccccc3O)cn2)c(C)o1. The molecule has 3 rings (SSSR count). The zero-order valence-electron chi connectivity index (χ0n) is 12.6.